The normalized spacial score (nSPS) is 11.2. The van der Waals surface area contributed by atoms with Crippen molar-refractivity contribution in [2.75, 3.05) is 6.26 Å². The van der Waals surface area contributed by atoms with Gasteiger partial charge in [-0.2, -0.15) is 5.26 Å². The van der Waals surface area contributed by atoms with Crippen molar-refractivity contribution in [3.63, 3.8) is 0 Å². The van der Waals surface area contributed by atoms with Gasteiger partial charge in [-0.1, -0.05) is 6.07 Å². The summed E-state index contributed by atoms with van der Waals surface area (Å²) in [6.07, 6.45) is 1.99. The van der Waals surface area contributed by atoms with Crippen LogP contribution in [-0.4, -0.2) is 11.8 Å². The molecule has 0 heterocycles. The molecule has 0 aliphatic heterocycles. The largest absolute Gasteiger partial charge is 0.308 e. The van der Waals surface area contributed by atoms with Crippen molar-refractivity contribution in [1.29, 1.82) is 5.26 Å². The molecule has 86 valence electrons. The van der Waals surface area contributed by atoms with E-state index in [1.807, 2.05) is 18.4 Å². The minimum absolute atomic E-state index is 0.102. The first-order valence-electron chi connectivity index (χ1n) is 5.28. The Bertz CT molecular complexity index is 399. The van der Waals surface area contributed by atoms with E-state index in [1.54, 1.807) is 11.8 Å². The average molecular weight is 234 g/mol. The molecule has 0 spiro atoms. The number of nitriles is 1. The van der Waals surface area contributed by atoms with Gasteiger partial charge in [0.2, 0.25) is 0 Å². The minimum Gasteiger partial charge on any atom is -0.308 e. The SMILES string of the molecule is CSc1ccc(CNC(C)(C)C)cc1C#N. The van der Waals surface area contributed by atoms with Crippen LogP contribution in [0.3, 0.4) is 0 Å². The van der Waals surface area contributed by atoms with E-state index >= 15 is 0 Å². The zero-order valence-corrected chi connectivity index (χ0v) is 11.1. The van der Waals surface area contributed by atoms with Crippen molar-refractivity contribution in [3.8, 4) is 6.07 Å². The fourth-order valence-corrected chi connectivity index (χ4v) is 1.85. The Balaban J connectivity index is 2.81. The van der Waals surface area contributed by atoms with Gasteiger partial charge in [-0.25, -0.2) is 0 Å². The van der Waals surface area contributed by atoms with Gasteiger partial charge < -0.3 is 5.32 Å². The highest BCUT2D eigenvalue weighted by Crippen LogP contribution is 2.21. The molecule has 3 heteroatoms. The molecule has 1 aromatic rings. The van der Waals surface area contributed by atoms with Crippen LogP contribution in [0.25, 0.3) is 0 Å². The third-order valence-electron chi connectivity index (χ3n) is 2.21. The first-order chi connectivity index (χ1) is 7.46. The molecule has 1 N–H and O–H groups in total. The fraction of sp³-hybridized carbons (Fsp3) is 0.462. The Kier molecular flexibility index (Phi) is 4.40. The molecule has 0 fully saturated rings. The molecule has 1 rings (SSSR count). The molecule has 1 aromatic carbocycles. The van der Waals surface area contributed by atoms with Crippen LogP contribution in [0, 0.1) is 11.3 Å². The maximum Gasteiger partial charge on any atom is 0.100 e. The van der Waals surface area contributed by atoms with E-state index in [0.29, 0.717) is 0 Å². The molecule has 0 radical (unpaired) electrons. The molecule has 0 saturated heterocycles. The van der Waals surface area contributed by atoms with Crippen LogP contribution in [0.5, 0.6) is 0 Å². The minimum atomic E-state index is 0.102. The van der Waals surface area contributed by atoms with E-state index < -0.39 is 0 Å². The smallest absolute Gasteiger partial charge is 0.100 e. The zero-order chi connectivity index (χ0) is 12.2. The van der Waals surface area contributed by atoms with Crippen molar-refractivity contribution in [2.24, 2.45) is 0 Å². The molecule has 0 unspecified atom stereocenters. The van der Waals surface area contributed by atoms with E-state index in [-0.39, 0.29) is 5.54 Å². The summed E-state index contributed by atoms with van der Waals surface area (Å²) < 4.78 is 0. The third kappa shape index (κ3) is 3.88. The van der Waals surface area contributed by atoms with Gasteiger partial charge in [0.25, 0.3) is 0 Å². The lowest BCUT2D eigenvalue weighted by molar-refractivity contribution is 0.424. The summed E-state index contributed by atoms with van der Waals surface area (Å²) in [5.74, 6) is 0. The Hall–Kier alpha value is -0.980. The lowest BCUT2D eigenvalue weighted by atomic mass is 10.1. The summed E-state index contributed by atoms with van der Waals surface area (Å²) in [5, 5.41) is 12.4. The fourth-order valence-electron chi connectivity index (χ4n) is 1.32. The van der Waals surface area contributed by atoms with Crippen LogP contribution in [-0.2, 0) is 6.54 Å². The number of nitrogens with one attached hydrogen (secondary N) is 1. The van der Waals surface area contributed by atoms with Crippen LogP contribution in [0.15, 0.2) is 23.1 Å². The van der Waals surface area contributed by atoms with Crippen LogP contribution in [0.4, 0.5) is 0 Å². The second-order valence-corrected chi connectivity index (χ2v) is 5.60. The van der Waals surface area contributed by atoms with Gasteiger partial charge >= 0.3 is 0 Å². The van der Waals surface area contributed by atoms with Crippen molar-refractivity contribution in [1.82, 2.24) is 5.32 Å². The van der Waals surface area contributed by atoms with E-state index in [4.69, 9.17) is 5.26 Å². The van der Waals surface area contributed by atoms with Gasteiger partial charge in [-0.3, -0.25) is 0 Å². The lowest BCUT2D eigenvalue weighted by Gasteiger charge is -2.20. The third-order valence-corrected chi connectivity index (χ3v) is 3.00. The number of benzene rings is 1. The summed E-state index contributed by atoms with van der Waals surface area (Å²) in [4.78, 5) is 1.04. The molecule has 0 atom stereocenters. The average Bonchev–Trinajstić information content (AvgIpc) is 2.25. The molecule has 16 heavy (non-hydrogen) atoms. The summed E-state index contributed by atoms with van der Waals surface area (Å²) in [6, 6.07) is 8.29. The monoisotopic (exact) mass is 234 g/mol. The van der Waals surface area contributed by atoms with Crippen LogP contribution < -0.4 is 5.32 Å². The number of nitrogens with zero attached hydrogens (tertiary/aromatic N) is 1. The lowest BCUT2D eigenvalue weighted by Crippen LogP contribution is -2.35. The van der Waals surface area contributed by atoms with E-state index in [1.165, 1.54) is 0 Å². The van der Waals surface area contributed by atoms with Crippen LogP contribution >= 0.6 is 11.8 Å². The van der Waals surface area contributed by atoms with Gasteiger partial charge in [0.15, 0.2) is 0 Å². The van der Waals surface area contributed by atoms with Gasteiger partial charge in [0, 0.05) is 17.0 Å². The quantitative estimate of drug-likeness (QED) is 0.816. The highest BCUT2D eigenvalue weighted by Gasteiger charge is 2.09. The van der Waals surface area contributed by atoms with Crippen LogP contribution in [0.1, 0.15) is 31.9 Å². The highest BCUT2D eigenvalue weighted by atomic mass is 32.2. The Morgan fingerprint density at radius 2 is 2.06 bits per heavy atom. The van der Waals surface area contributed by atoms with Gasteiger partial charge in [-0.15, -0.1) is 11.8 Å². The molecule has 0 aliphatic rings. The standard InChI is InChI=1S/C13H18N2S/c1-13(2,3)15-9-10-5-6-12(16-4)11(7-10)8-14/h5-7,15H,9H2,1-4H3. The Morgan fingerprint density at radius 1 is 1.38 bits per heavy atom. The van der Waals surface area contributed by atoms with E-state index in [9.17, 15) is 0 Å². The molecule has 0 aliphatic carbocycles. The summed E-state index contributed by atoms with van der Waals surface area (Å²) >= 11 is 1.61. The van der Waals surface area contributed by atoms with Crippen LogP contribution in [0.2, 0.25) is 0 Å². The number of rotatable bonds is 3. The number of hydrogen-bond acceptors (Lipinski definition) is 3. The number of thioether (sulfide) groups is 1. The second-order valence-electron chi connectivity index (χ2n) is 4.75. The highest BCUT2D eigenvalue weighted by molar-refractivity contribution is 7.98. The summed E-state index contributed by atoms with van der Waals surface area (Å²) in [5.41, 5.74) is 2.02. The second kappa shape index (κ2) is 5.38. The predicted octanol–water partition coefficient (Wildman–Crippen LogP) is 3.17. The predicted molar refractivity (Wildman–Crippen MR) is 69.5 cm³/mol. The summed E-state index contributed by atoms with van der Waals surface area (Å²) in [6.45, 7) is 7.20. The first kappa shape index (κ1) is 13.1. The summed E-state index contributed by atoms with van der Waals surface area (Å²) in [7, 11) is 0. The van der Waals surface area contributed by atoms with E-state index in [0.717, 1.165) is 22.6 Å². The van der Waals surface area contributed by atoms with Crippen molar-refractivity contribution >= 4 is 11.8 Å². The maximum absolute atomic E-state index is 9.02. The molecule has 2 nitrogen and oxygen atoms in total. The number of hydrogen-bond donors (Lipinski definition) is 1. The molecule has 0 saturated carbocycles. The van der Waals surface area contributed by atoms with Crippen molar-refractivity contribution in [2.45, 2.75) is 37.8 Å². The van der Waals surface area contributed by atoms with Crippen molar-refractivity contribution < 1.29 is 0 Å². The Morgan fingerprint density at radius 3 is 2.56 bits per heavy atom. The topological polar surface area (TPSA) is 35.8 Å². The molecular formula is C13H18N2S. The molecule has 0 aromatic heterocycles. The van der Waals surface area contributed by atoms with Crippen molar-refractivity contribution in [3.05, 3.63) is 29.3 Å². The van der Waals surface area contributed by atoms with E-state index in [2.05, 4.69) is 38.2 Å². The van der Waals surface area contributed by atoms with Gasteiger partial charge in [0.1, 0.15) is 6.07 Å². The molecular weight excluding hydrogens is 216 g/mol. The first-order valence-corrected chi connectivity index (χ1v) is 6.51. The maximum atomic E-state index is 9.02. The van der Waals surface area contributed by atoms with Gasteiger partial charge in [0.05, 0.1) is 5.56 Å². The Labute approximate surface area is 102 Å². The molecule has 0 bridgehead atoms. The zero-order valence-electron chi connectivity index (χ0n) is 10.3. The molecule has 0 amide bonds. The van der Waals surface area contributed by atoms with Gasteiger partial charge in [-0.05, 0) is 44.7 Å².